The number of fused-ring (bicyclic) bond motifs is 2. The highest BCUT2D eigenvalue weighted by Gasteiger charge is 2.34. The Balaban J connectivity index is 0.883. The molecule has 3 aliphatic heterocycles. The summed E-state index contributed by atoms with van der Waals surface area (Å²) in [5.41, 5.74) is 6.61. The lowest BCUT2D eigenvalue weighted by molar-refractivity contribution is -0.386. The van der Waals surface area contributed by atoms with Gasteiger partial charge in [0.1, 0.15) is 17.9 Å². The molecule has 69 heavy (non-hydrogen) atoms. The van der Waals surface area contributed by atoms with Crippen molar-refractivity contribution in [2.24, 2.45) is 5.41 Å². The summed E-state index contributed by atoms with van der Waals surface area (Å²) in [6.07, 6.45) is 7.97. The van der Waals surface area contributed by atoms with Crippen LogP contribution in [0.5, 0.6) is 11.6 Å². The van der Waals surface area contributed by atoms with Crippen LogP contribution in [0.3, 0.4) is 0 Å². The van der Waals surface area contributed by atoms with Crippen molar-refractivity contribution in [3.05, 3.63) is 111 Å². The number of amides is 1. The number of carbonyl (C=O) groups excluding carboxylic acids is 1. The minimum Gasteiger partial charge on any atom is -0.484 e. The van der Waals surface area contributed by atoms with Crippen LogP contribution < -0.4 is 24.0 Å². The molecule has 0 spiro atoms. The number of carbonyl (C=O) groups is 1. The highest BCUT2D eigenvalue weighted by molar-refractivity contribution is 7.90. The van der Waals surface area contributed by atoms with Gasteiger partial charge in [0.25, 0.3) is 15.9 Å². The van der Waals surface area contributed by atoms with Gasteiger partial charge in [0.2, 0.25) is 5.88 Å². The van der Waals surface area contributed by atoms with Crippen molar-refractivity contribution < 1.29 is 32.3 Å². The lowest BCUT2D eigenvalue weighted by Crippen LogP contribution is -2.47. The predicted molar refractivity (Wildman–Crippen MR) is 267 cm³/mol. The van der Waals surface area contributed by atoms with Crippen molar-refractivity contribution in [1.29, 1.82) is 0 Å². The average Bonchev–Trinajstić information content (AvgIpc) is 3.82. The van der Waals surface area contributed by atoms with Crippen LogP contribution in [0, 0.1) is 15.5 Å². The number of aromatic amines is 1. The fraction of sp³-hybridized carbons (Fsp3) is 0.451. The molecule has 2 saturated heterocycles. The molecular formula is C51H59ClN8O8S. The molecule has 1 saturated carbocycles. The molecule has 0 unspecified atom stereocenters. The Morgan fingerprint density at radius 2 is 1.70 bits per heavy atom. The minimum atomic E-state index is -4.60. The standard InChI is InChI=1S/C51H59ClN8O8S/c1-51(2)17-15-36(43(32-51)34-3-5-37(52)6-4-34)33-56-19-21-57(22-20-56)39-9-13-42(44(30-39)59-25-28-67-50-46(59)29-35-16-18-53-48(35)54-50)49(61)55-69(64,65)41-12-14-47(45(31-41)60(62)63)68-40-10-7-38(8-11-40)58-23-26-66-27-24-58/h3-6,9,12-14,16,18,29-31,38,40H,7-8,10-11,15,17,19-28,32-33H2,1-2H3,(H,53,54)(H,55,61)/t38-,40+. The Morgan fingerprint density at radius 1 is 0.928 bits per heavy atom. The third-order valence-corrected chi connectivity index (χ3v) is 16.1. The van der Waals surface area contributed by atoms with Crippen LogP contribution in [0.25, 0.3) is 16.6 Å². The zero-order valence-electron chi connectivity index (χ0n) is 39.1. The molecule has 5 aromatic rings. The number of hydrogen-bond acceptors (Lipinski definition) is 13. The average molecular weight is 980 g/mol. The van der Waals surface area contributed by atoms with Gasteiger partial charge in [-0.3, -0.25) is 24.7 Å². The molecule has 18 heteroatoms. The number of ether oxygens (including phenoxy) is 3. The molecule has 3 aromatic carbocycles. The first-order valence-corrected chi connectivity index (χ1v) is 25.9. The second kappa shape index (κ2) is 19.6. The molecule has 16 nitrogen and oxygen atoms in total. The van der Waals surface area contributed by atoms with Crippen LogP contribution in [0.1, 0.15) is 74.7 Å². The lowest BCUT2D eigenvalue weighted by Gasteiger charge is -2.39. The molecule has 0 radical (unpaired) electrons. The predicted octanol–water partition coefficient (Wildman–Crippen LogP) is 8.58. The van der Waals surface area contributed by atoms with Crippen LogP contribution in [0.4, 0.5) is 22.7 Å². The molecule has 2 aromatic heterocycles. The van der Waals surface area contributed by atoms with E-state index < -0.39 is 31.4 Å². The number of anilines is 3. The summed E-state index contributed by atoms with van der Waals surface area (Å²) >= 11 is 6.28. The normalized spacial score (nSPS) is 21.4. The Bertz CT molecular complexity index is 2870. The summed E-state index contributed by atoms with van der Waals surface area (Å²) < 4.78 is 48.0. The summed E-state index contributed by atoms with van der Waals surface area (Å²) in [5, 5.41) is 14.0. The number of rotatable bonds is 12. The number of nitrogens with one attached hydrogen (secondary N) is 2. The van der Waals surface area contributed by atoms with Crippen LogP contribution in [0.15, 0.2) is 89.5 Å². The number of sulfonamides is 1. The zero-order valence-corrected chi connectivity index (χ0v) is 40.7. The smallest absolute Gasteiger partial charge is 0.312 e. The van der Waals surface area contributed by atoms with Crippen molar-refractivity contribution in [3.8, 4) is 11.6 Å². The van der Waals surface area contributed by atoms with E-state index in [9.17, 15) is 23.3 Å². The highest BCUT2D eigenvalue weighted by atomic mass is 35.5. The van der Waals surface area contributed by atoms with Gasteiger partial charge < -0.3 is 29.0 Å². The van der Waals surface area contributed by atoms with Gasteiger partial charge in [0.15, 0.2) is 5.75 Å². The molecule has 10 rings (SSSR count). The number of morpholine rings is 1. The minimum absolute atomic E-state index is 0.00673. The fourth-order valence-corrected chi connectivity index (χ4v) is 11.8. The first-order chi connectivity index (χ1) is 33.3. The molecule has 0 bridgehead atoms. The fourth-order valence-electron chi connectivity index (χ4n) is 10.7. The number of nitro benzene ring substituents is 1. The lowest BCUT2D eigenvalue weighted by atomic mass is 9.72. The van der Waals surface area contributed by atoms with Gasteiger partial charge in [0, 0.05) is 80.2 Å². The van der Waals surface area contributed by atoms with Crippen molar-refractivity contribution in [1.82, 2.24) is 24.5 Å². The number of H-pyrrole nitrogens is 1. The van der Waals surface area contributed by atoms with Gasteiger partial charge in [-0.1, -0.05) is 43.2 Å². The summed E-state index contributed by atoms with van der Waals surface area (Å²) in [6, 6.07) is 21.4. The van der Waals surface area contributed by atoms with Crippen molar-refractivity contribution in [2.75, 3.05) is 82.0 Å². The van der Waals surface area contributed by atoms with E-state index in [1.165, 1.54) is 28.8 Å². The van der Waals surface area contributed by atoms with Crippen LogP contribution in [0.2, 0.25) is 5.02 Å². The maximum atomic E-state index is 14.4. The van der Waals surface area contributed by atoms with Crippen LogP contribution in [-0.2, 0) is 14.8 Å². The Hall–Kier alpha value is -5.72. The molecule has 2 aliphatic carbocycles. The molecule has 364 valence electrons. The van der Waals surface area contributed by atoms with Gasteiger partial charge in [-0.25, -0.2) is 13.1 Å². The van der Waals surface area contributed by atoms with Gasteiger partial charge >= 0.3 is 5.69 Å². The Labute approximate surface area is 407 Å². The number of nitro groups is 1. The molecule has 5 heterocycles. The number of aromatic nitrogens is 2. The van der Waals surface area contributed by atoms with E-state index in [2.05, 4.69) is 50.4 Å². The topological polar surface area (TPSA) is 176 Å². The largest absolute Gasteiger partial charge is 0.484 e. The quantitative estimate of drug-likeness (QED) is 0.0899. The molecule has 0 atom stereocenters. The van der Waals surface area contributed by atoms with Gasteiger partial charge in [0.05, 0.1) is 46.9 Å². The van der Waals surface area contributed by atoms with E-state index >= 15 is 0 Å². The summed E-state index contributed by atoms with van der Waals surface area (Å²) in [4.78, 5) is 42.7. The number of halogens is 1. The monoisotopic (exact) mass is 978 g/mol. The Morgan fingerprint density at radius 3 is 2.45 bits per heavy atom. The zero-order chi connectivity index (χ0) is 47.9. The summed E-state index contributed by atoms with van der Waals surface area (Å²) in [5.74, 6) is -0.509. The van der Waals surface area contributed by atoms with Gasteiger partial charge in [-0.05, 0) is 116 Å². The number of nitrogens with zero attached hydrogens (tertiary/aromatic N) is 6. The summed E-state index contributed by atoms with van der Waals surface area (Å²) in [6.45, 7) is 12.6. The van der Waals surface area contributed by atoms with E-state index in [1.54, 1.807) is 12.3 Å². The van der Waals surface area contributed by atoms with Crippen LogP contribution in [-0.4, -0.2) is 123 Å². The third-order valence-electron chi connectivity index (χ3n) is 14.5. The number of benzene rings is 3. The SMILES string of the molecule is CC1(C)CCC(CN2CCN(c3ccc(C(=O)NS(=O)(=O)c4ccc(O[C@H]5CC[C@@H](N6CCOCC6)CC5)c([N+](=O)[O-])c4)c(N4CCOc5nc6[nH]ccc6cc54)c3)CC2)=C(c2ccc(Cl)cc2)C1. The van der Waals surface area contributed by atoms with Gasteiger partial charge in [-0.15, -0.1) is 0 Å². The molecule has 1 amide bonds. The van der Waals surface area contributed by atoms with E-state index in [0.29, 0.717) is 48.7 Å². The Kier molecular flexibility index (Phi) is 13.3. The first kappa shape index (κ1) is 47.0. The van der Waals surface area contributed by atoms with Gasteiger partial charge in [-0.2, -0.15) is 4.98 Å². The van der Waals surface area contributed by atoms with E-state index in [0.717, 1.165) is 113 Å². The van der Waals surface area contributed by atoms with E-state index in [-0.39, 0.29) is 29.4 Å². The maximum absolute atomic E-state index is 14.4. The number of piperazine rings is 1. The second-order valence-electron chi connectivity index (χ2n) is 19.6. The maximum Gasteiger partial charge on any atom is 0.312 e. The number of allylic oxidation sites excluding steroid dienone is 1. The van der Waals surface area contributed by atoms with E-state index in [4.69, 9.17) is 30.8 Å². The molecule has 3 fully saturated rings. The highest BCUT2D eigenvalue weighted by Crippen LogP contribution is 2.44. The summed E-state index contributed by atoms with van der Waals surface area (Å²) in [7, 11) is -4.60. The number of pyridine rings is 1. The molecule has 2 N–H and O–H groups in total. The number of hydrogen-bond donors (Lipinski definition) is 2. The molecular weight excluding hydrogens is 920 g/mol. The molecule has 5 aliphatic rings. The van der Waals surface area contributed by atoms with Crippen molar-refractivity contribution >= 4 is 66.9 Å². The first-order valence-electron chi connectivity index (χ1n) is 24.1. The van der Waals surface area contributed by atoms with Crippen molar-refractivity contribution in [3.63, 3.8) is 0 Å². The van der Waals surface area contributed by atoms with Crippen LogP contribution >= 0.6 is 11.6 Å². The third kappa shape index (κ3) is 10.3. The van der Waals surface area contributed by atoms with E-state index in [1.807, 2.05) is 41.3 Å². The van der Waals surface area contributed by atoms with Crippen molar-refractivity contribution in [2.45, 2.75) is 75.8 Å². The second-order valence-corrected chi connectivity index (χ2v) is 21.8.